The van der Waals surface area contributed by atoms with E-state index in [0.29, 0.717) is 0 Å². The van der Waals surface area contributed by atoms with Crippen LogP contribution < -0.4 is 4.74 Å². The lowest BCUT2D eigenvalue weighted by atomic mass is 10.2. The quantitative estimate of drug-likeness (QED) is 0.913. The summed E-state index contributed by atoms with van der Waals surface area (Å²) in [4.78, 5) is 11.6. The van der Waals surface area contributed by atoms with Crippen LogP contribution in [0.25, 0.3) is 0 Å². The molecule has 1 aromatic rings. The minimum absolute atomic E-state index is 0.115. The van der Waals surface area contributed by atoms with Crippen molar-refractivity contribution in [1.82, 2.24) is 4.90 Å². The molecule has 0 radical (unpaired) electrons. The van der Waals surface area contributed by atoms with Gasteiger partial charge in [0.05, 0.1) is 13.1 Å². The summed E-state index contributed by atoms with van der Waals surface area (Å²) in [6, 6.07) is 2.18. The fourth-order valence-electron chi connectivity index (χ4n) is 1.48. The van der Waals surface area contributed by atoms with Crippen LogP contribution >= 0.6 is 15.9 Å². The second-order valence-electron chi connectivity index (χ2n) is 3.63. The van der Waals surface area contributed by atoms with Gasteiger partial charge >= 0.3 is 6.09 Å². The van der Waals surface area contributed by atoms with Crippen LogP contribution in [-0.4, -0.2) is 35.3 Å². The van der Waals surface area contributed by atoms with E-state index in [4.69, 9.17) is 9.84 Å². The molecule has 0 aromatic heterocycles. The van der Waals surface area contributed by atoms with Crippen LogP contribution in [0.2, 0.25) is 0 Å². The fourth-order valence-corrected chi connectivity index (χ4v) is 1.88. The predicted molar refractivity (Wildman–Crippen MR) is 58.1 cm³/mol. The average molecular weight is 308 g/mol. The molecule has 1 aliphatic heterocycles. The van der Waals surface area contributed by atoms with Gasteiger partial charge in [0.1, 0.15) is 6.10 Å². The van der Waals surface area contributed by atoms with Crippen LogP contribution in [0.5, 0.6) is 5.75 Å². The molecule has 0 saturated carbocycles. The van der Waals surface area contributed by atoms with Gasteiger partial charge in [0.2, 0.25) is 0 Å². The van der Waals surface area contributed by atoms with Crippen LogP contribution in [0, 0.1) is 11.6 Å². The summed E-state index contributed by atoms with van der Waals surface area (Å²) in [6.07, 6.45) is -1.57. The number of nitrogens with zero attached hydrogens (tertiary/aromatic N) is 1. The molecule has 0 atom stereocenters. The molecular formula is C10H8BrF2NO3. The van der Waals surface area contributed by atoms with Crippen molar-refractivity contribution in [2.24, 2.45) is 0 Å². The van der Waals surface area contributed by atoms with Gasteiger partial charge in [-0.05, 0) is 12.1 Å². The summed E-state index contributed by atoms with van der Waals surface area (Å²) >= 11 is 2.95. The maximum Gasteiger partial charge on any atom is 0.407 e. The Hall–Kier alpha value is -1.37. The smallest absolute Gasteiger partial charge is 0.407 e. The van der Waals surface area contributed by atoms with Crippen molar-refractivity contribution >= 4 is 22.0 Å². The molecule has 7 heteroatoms. The summed E-state index contributed by atoms with van der Waals surface area (Å²) in [5, 5.41) is 8.58. The van der Waals surface area contributed by atoms with E-state index in [-0.39, 0.29) is 17.6 Å². The number of rotatable bonds is 2. The zero-order chi connectivity index (χ0) is 12.6. The summed E-state index contributed by atoms with van der Waals surface area (Å²) in [6.45, 7) is 0.231. The summed E-state index contributed by atoms with van der Waals surface area (Å²) < 4.78 is 32.1. The summed E-state index contributed by atoms with van der Waals surface area (Å²) in [5.74, 6) is -2.10. The molecule has 1 amide bonds. The topological polar surface area (TPSA) is 49.8 Å². The number of halogens is 3. The zero-order valence-corrected chi connectivity index (χ0v) is 10.1. The van der Waals surface area contributed by atoms with Crippen LogP contribution in [0.1, 0.15) is 0 Å². The number of likely N-dealkylation sites (tertiary alicyclic amines) is 1. The SMILES string of the molecule is O=C(O)N1CC(Oc2c(F)cc(Br)cc2F)C1. The lowest BCUT2D eigenvalue weighted by Gasteiger charge is -2.36. The van der Waals surface area contributed by atoms with E-state index in [2.05, 4.69) is 15.9 Å². The molecule has 0 unspecified atom stereocenters. The van der Waals surface area contributed by atoms with Gasteiger partial charge in [-0.3, -0.25) is 0 Å². The minimum atomic E-state index is -1.07. The molecule has 92 valence electrons. The molecule has 17 heavy (non-hydrogen) atoms. The van der Waals surface area contributed by atoms with E-state index in [0.717, 1.165) is 17.0 Å². The Balaban J connectivity index is 2.04. The first-order chi connectivity index (χ1) is 7.97. The molecule has 1 saturated heterocycles. The molecule has 1 fully saturated rings. The summed E-state index contributed by atoms with van der Waals surface area (Å²) in [7, 11) is 0. The number of amides is 1. The molecule has 1 N–H and O–H groups in total. The number of carboxylic acid groups (broad SMARTS) is 1. The van der Waals surface area contributed by atoms with Crippen LogP contribution in [-0.2, 0) is 0 Å². The maximum absolute atomic E-state index is 13.4. The van der Waals surface area contributed by atoms with E-state index >= 15 is 0 Å². The average Bonchev–Trinajstić information content (AvgIpc) is 2.12. The number of carbonyl (C=O) groups is 1. The molecule has 0 aliphatic carbocycles. The highest BCUT2D eigenvalue weighted by Gasteiger charge is 2.33. The van der Waals surface area contributed by atoms with Crippen molar-refractivity contribution < 1.29 is 23.4 Å². The largest absolute Gasteiger partial charge is 0.481 e. The van der Waals surface area contributed by atoms with E-state index in [1.807, 2.05) is 0 Å². The van der Waals surface area contributed by atoms with Crippen molar-refractivity contribution in [1.29, 1.82) is 0 Å². The van der Waals surface area contributed by atoms with E-state index < -0.39 is 29.6 Å². The molecule has 0 bridgehead atoms. The standard InChI is InChI=1S/C10H8BrF2NO3/c11-5-1-7(12)9(8(13)2-5)17-6-3-14(4-6)10(15)16/h1-2,6H,3-4H2,(H,15,16). The lowest BCUT2D eigenvalue weighted by molar-refractivity contribution is 0.0211. The van der Waals surface area contributed by atoms with Crippen molar-refractivity contribution in [2.75, 3.05) is 13.1 Å². The normalized spacial score (nSPS) is 15.6. The van der Waals surface area contributed by atoms with Crippen molar-refractivity contribution in [3.8, 4) is 5.75 Å². The third-order valence-corrected chi connectivity index (χ3v) is 2.82. The van der Waals surface area contributed by atoms with Gasteiger partial charge in [0, 0.05) is 4.47 Å². The highest BCUT2D eigenvalue weighted by Crippen LogP contribution is 2.28. The van der Waals surface area contributed by atoms with Gasteiger partial charge in [0.25, 0.3) is 0 Å². The third-order valence-electron chi connectivity index (χ3n) is 2.37. The van der Waals surface area contributed by atoms with E-state index in [1.54, 1.807) is 0 Å². The second kappa shape index (κ2) is 4.48. The first-order valence-electron chi connectivity index (χ1n) is 4.76. The van der Waals surface area contributed by atoms with Crippen LogP contribution in [0.3, 0.4) is 0 Å². The Morgan fingerprint density at radius 3 is 2.41 bits per heavy atom. The minimum Gasteiger partial charge on any atom is -0.481 e. The van der Waals surface area contributed by atoms with Crippen molar-refractivity contribution in [3.63, 3.8) is 0 Å². The van der Waals surface area contributed by atoms with Gasteiger partial charge in [-0.25, -0.2) is 13.6 Å². The number of hydrogen-bond acceptors (Lipinski definition) is 2. The predicted octanol–water partition coefficient (Wildman–Crippen LogP) is 2.47. The molecule has 1 heterocycles. The van der Waals surface area contributed by atoms with Gasteiger partial charge in [-0.1, -0.05) is 15.9 Å². The number of benzene rings is 1. The maximum atomic E-state index is 13.4. The Morgan fingerprint density at radius 2 is 1.94 bits per heavy atom. The molecule has 0 spiro atoms. The number of ether oxygens (including phenoxy) is 1. The molecular weight excluding hydrogens is 300 g/mol. The number of hydrogen-bond donors (Lipinski definition) is 1. The highest BCUT2D eigenvalue weighted by molar-refractivity contribution is 9.10. The Morgan fingerprint density at radius 1 is 1.41 bits per heavy atom. The zero-order valence-electron chi connectivity index (χ0n) is 8.49. The first kappa shape index (κ1) is 12.1. The van der Waals surface area contributed by atoms with Crippen LogP contribution in [0.4, 0.5) is 13.6 Å². The second-order valence-corrected chi connectivity index (χ2v) is 4.54. The van der Waals surface area contributed by atoms with E-state index in [1.165, 1.54) is 0 Å². The lowest BCUT2D eigenvalue weighted by Crippen LogP contribution is -2.55. The Kier molecular flexibility index (Phi) is 3.19. The van der Waals surface area contributed by atoms with Gasteiger partial charge < -0.3 is 14.7 Å². The Bertz CT molecular complexity index is 440. The Labute approximate surface area is 104 Å². The van der Waals surface area contributed by atoms with Gasteiger partial charge in [-0.15, -0.1) is 0 Å². The molecule has 2 rings (SSSR count). The van der Waals surface area contributed by atoms with E-state index in [9.17, 15) is 13.6 Å². The highest BCUT2D eigenvalue weighted by atomic mass is 79.9. The fraction of sp³-hybridized carbons (Fsp3) is 0.300. The third kappa shape index (κ3) is 2.49. The van der Waals surface area contributed by atoms with Crippen molar-refractivity contribution in [2.45, 2.75) is 6.10 Å². The molecule has 1 aliphatic rings. The first-order valence-corrected chi connectivity index (χ1v) is 5.55. The van der Waals surface area contributed by atoms with Gasteiger partial charge in [-0.2, -0.15) is 0 Å². The molecule has 1 aromatic carbocycles. The van der Waals surface area contributed by atoms with Crippen molar-refractivity contribution in [3.05, 3.63) is 28.2 Å². The summed E-state index contributed by atoms with van der Waals surface area (Å²) in [5.41, 5.74) is 0. The van der Waals surface area contributed by atoms with Crippen LogP contribution in [0.15, 0.2) is 16.6 Å². The monoisotopic (exact) mass is 307 g/mol. The van der Waals surface area contributed by atoms with Gasteiger partial charge in [0.15, 0.2) is 17.4 Å². The molecule has 4 nitrogen and oxygen atoms in total.